The summed E-state index contributed by atoms with van der Waals surface area (Å²) >= 11 is 7.39. The molecule has 0 unspecified atom stereocenters. The first kappa shape index (κ1) is 8.05. The molecule has 3 heteroatoms. The van der Waals surface area contributed by atoms with E-state index in [0.717, 1.165) is 16.3 Å². The maximum atomic E-state index is 5.85. The Labute approximate surface area is 69.8 Å². The highest BCUT2D eigenvalue weighted by atomic mass is 35.5. The van der Waals surface area contributed by atoms with Crippen LogP contribution in [0.2, 0.25) is 4.34 Å². The lowest BCUT2D eigenvalue weighted by Gasteiger charge is -2.05. The van der Waals surface area contributed by atoms with Crippen LogP contribution in [0.15, 0.2) is 11.4 Å². The lowest BCUT2D eigenvalue weighted by Crippen LogP contribution is -2.07. The molecule has 1 atom stereocenters. The lowest BCUT2D eigenvalue weighted by molar-refractivity contribution is 0.702. The van der Waals surface area contributed by atoms with Crippen LogP contribution in [0.5, 0.6) is 0 Å². The summed E-state index contributed by atoms with van der Waals surface area (Å²) in [7, 11) is 0. The van der Waals surface area contributed by atoms with E-state index in [-0.39, 0.29) is 6.04 Å². The minimum atomic E-state index is 0.110. The van der Waals surface area contributed by atoms with Gasteiger partial charge in [0, 0.05) is 6.04 Å². The van der Waals surface area contributed by atoms with E-state index < -0.39 is 0 Å². The van der Waals surface area contributed by atoms with Gasteiger partial charge in [-0.1, -0.05) is 18.5 Å². The minimum Gasteiger partial charge on any atom is -0.324 e. The van der Waals surface area contributed by atoms with Crippen LogP contribution in [0.4, 0.5) is 0 Å². The van der Waals surface area contributed by atoms with E-state index in [1.54, 1.807) is 0 Å². The van der Waals surface area contributed by atoms with Crippen LogP contribution in [-0.2, 0) is 0 Å². The first-order chi connectivity index (χ1) is 4.75. The van der Waals surface area contributed by atoms with E-state index >= 15 is 0 Å². The zero-order chi connectivity index (χ0) is 7.56. The van der Waals surface area contributed by atoms with Crippen LogP contribution >= 0.6 is 22.9 Å². The average molecular weight is 176 g/mol. The first-order valence-corrected chi connectivity index (χ1v) is 4.50. The van der Waals surface area contributed by atoms with Gasteiger partial charge in [-0.2, -0.15) is 0 Å². The lowest BCUT2D eigenvalue weighted by atomic mass is 10.1. The summed E-state index contributed by atoms with van der Waals surface area (Å²) in [5, 5.41) is 1.97. The SMILES string of the molecule is CC[C@@H](N)c1ccsc1Cl. The monoisotopic (exact) mass is 175 g/mol. The highest BCUT2D eigenvalue weighted by Crippen LogP contribution is 2.28. The van der Waals surface area contributed by atoms with Crippen molar-refractivity contribution >= 4 is 22.9 Å². The smallest absolute Gasteiger partial charge is 0.0976 e. The number of hydrogen-bond acceptors (Lipinski definition) is 2. The Morgan fingerprint density at radius 1 is 1.80 bits per heavy atom. The van der Waals surface area contributed by atoms with Crippen molar-refractivity contribution in [2.45, 2.75) is 19.4 Å². The molecule has 0 radical (unpaired) electrons. The summed E-state index contributed by atoms with van der Waals surface area (Å²) in [6.45, 7) is 2.05. The third kappa shape index (κ3) is 1.51. The van der Waals surface area contributed by atoms with E-state index in [1.807, 2.05) is 11.4 Å². The molecule has 0 fully saturated rings. The number of hydrogen-bond donors (Lipinski definition) is 1. The molecule has 10 heavy (non-hydrogen) atoms. The summed E-state index contributed by atoms with van der Waals surface area (Å²) in [4.78, 5) is 0. The average Bonchev–Trinajstić information content (AvgIpc) is 2.34. The quantitative estimate of drug-likeness (QED) is 0.735. The van der Waals surface area contributed by atoms with E-state index in [4.69, 9.17) is 17.3 Å². The summed E-state index contributed by atoms with van der Waals surface area (Å²) in [5.74, 6) is 0. The van der Waals surface area contributed by atoms with Gasteiger partial charge in [-0.05, 0) is 23.4 Å². The number of halogens is 1. The van der Waals surface area contributed by atoms with Gasteiger partial charge in [0.1, 0.15) is 0 Å². The minimum absolute atomic E-state index is 0.110. The molecule has 0 aliphatic carbocycles. The summed E-state index contributed by atoms with van der Waals surface area (Å²) in [6.07, 6.45) is 0.941. The molecular weight excluding hydrogens is 166 g/mol. The summed E-state index contributed by atoms with van der Waals surface area (Å²) < 4.78 is 0.828. The van der Waals surface area contributed by atoms with Crippen molar-refractivity contribution in [2.75, 3.05) is 0 Å². The molecule has 1 heterocycles. The van der Waals surface area contributed by atoms with Crippen LogP contribution in [0.25, 0.3) is 0 Å². The third-order valence-electron chi connectivity index (χ3n) is 1.49. The van der Waals surface area contributed by atoms with Gasteiger partial charge < -0.3 is 5.73 Å². The van der Waals surface area contributed by atoms with Crippen molar-refractivity contribution in [1.82, 2.24) is 0 Å². The van der Waals surface area contributed by atoms with Gasteiger partial charge in [0.25, 0.3) is 0 Å². The zero-order valence-corrected chi connectivity index (χ0v) is 7.38. The normalized spacial score (nSPS) is 13.5. The Hall–Kier alpha value is -0.0500. The third-order valence-corrected chi connectivity index (χ3v) is 2.69. The molecule has 0 aliphatic rings. The van der Waals surface area contributed by atoms with E-state index in [1.165, 1.54) is 11.3 Å². The molecule has 1 nitrogen and oxygen atoms in total. The standard InChI is InChI=1S/C7H10ClNS/c1-2-6(9)5-3-4-10-7(5)8/h3-4,6H,2,9H2,1H3/t6-/m1/s1. The largest absolute Gasteiger partial charge is 0.324 e. The van der Waals surface area contributed by atoms with Gasteiger partial charge in [0.05, 0.1) is 4.34 Å². The van der Waals surface area contributed by atoms with E-state index in [0.29, 0.717) is 0 Å². The zero-order valence-electron chi connectivity index (χ0n) is 5.80. The van der Waals surface area contributed by atoms with E-state index in [2.05, 4.69) is 6.92 Å². The molecule has 1 rings (SSSR count). The predicted octanol–water partition coefficient (Wildman–Crippen LogP) is 2.81. The van der Waals surface area contributed by atoms with Gasteiger partial charge in [-0.25, -0.2) is 0 Å². The van der Waals surface area contributed by atoms with Crippen LogP contribution in [0, 0.1) is 0 Å². The van der Waals surface area contributed by atoms with Crippen LogP contribution in [-0.4, -0.2) is 0 Å². The van der Waals surface area contributed by atoms with Crippen molar-refractivity contribution in [3.05, 3.63) is 21.3 Å². The molecule has 1 aromatic heterocycles. The van der Waals surface area contributed by atoms with Gasteiger partial charge in [0.2, 0.25) is 0 Å². The Kier molecular flexibility index (Phi) is 2.72. The molecule has 0 aromatic carbocycles. The summed E-state index contributed by atoms with van der Waals surface area (Å²) in [6, 6.07) is 2.10. The molecule has 1 aromatic rings. The predicted molar refractivity (Wildman–Crippen MR) is 46.5 cm³/mol. The number of rotatable bonds is 2. The van der Waals surface area contributed by atoms with Gasteiger partial charge in [0.15, 0.2) is 0 Å². The maximum absolute atomic E-state index is 5.85. The van der Waals surface area contributed by atoms with Gasteiger partial charge in [-0.15, -0.1) is 11.3 Å². The van der Waals surface area contributed by atoms with E-state index in [9.17, 15) is 0 Å². The molecular formula is C7H10ClNS. The molecule has 0 spiro atoms. The van der Waals surface area contributed by atoms with Crippen molar-refractivity contribution in [3.63, 3.8) is 0 Å². The van der Waals surface area contributed by atoms with Crippen molar-refractivity contribution in [3.8, 4) is 0 Å². The first-order valence-electron chi connectivity index (χ1n) is 3.24. The number of nitrogens with two attached hydrogens (primary N) is 1. The topological polar surface area (TPSA) is 26.0 Å². The van der Waals surface area contributed by atoms with Crippen LogP contribution in [0.3, 0.4) is 0 Å². The van der Waals surface area contributed by atoms with Crippen molar-refractivity contribution in [2.24, 2.45) is 5.73 Å². The second-order valence-corrected chi connectivity index (χ2v) is 3.68. The van der Waals surface area contributed by atoms with Crippen LogP contribution in [0.1, 0.15) is 24.9 Å². The Morgan fingerprint density at radius 3 is 2.90 bits per heavy atom. The van der Waals surface area contributed by atoms with Crippen LogP contribution < -0.4 is 5.73 Å². The molecule has 0 bridgehead atoms. The fourth-order valence-electron chi connectivity index (χ4n) is 0.790. The Morgan fingerprint density at radius 2 is 2.50 bits per heavy atom. The van der Waals surface area contributed by atoms with Crippen molar-refractivity contribution in [1.29, 1.82) is 0 Å². The number of thiophene rings is 1. The molecule has 0 amide bonds. The molecule has 0 aliphatic heterocycles. The Bertz CT molecular complexity index is 209. The molecule has 0 saturated carbocycles. The molecule has 0 saturated heterocycles. The maximum Gasteiger partial charge on any atom is 0.0976 e. The van der Waals surface area contributed by atoms with Gasteiger partial charge >= 0.3 is 0 Å². The van der Waals surface area contributed by atoms with Crippen molar-refractivity contribution < 1.29 is 0 Å². The second-order valence-electron chi connectivity index (χ2n) is 2.16. The fourth-order valence-corrected chi connectivity index (χ4v) is 1.84. The Balaban J connectivity index is 2.82. The highest BCUT2D eigenvalue weighted by Gasteiger charge is 2.07. The second kappa shape index (κ2) is 3.37. The fraction of sp³-hybridized carbons (Fsp3) is 0.429. The summed E-state index contributed by atoms with van der Waals surface area (Å²) in [5.41, 5.74) is 6.84. The van der Waals surface area contributed by atoms with Gasteiger partial charge in [-0.3, -0.25) is 0 Å². The molecule has 56 valence electrons. The molecule has 2 N–H and O–H groups in total. The highest BCUT2D eigenvalue weighted by molar-refractivity contribution is 7.14.